The summed E-state index contributed by atoms with van der Waals surface area (Å²) in [6, 6.07) is 5.47. The van der Waals surface area contributed by atoms with Crippen molar-refractivity contribution in [2.45, 2.75) is 32.6 Å². The Bertz CT molecular complexity index is 633. The van der Waals surface area contributed by atoms with Gasteiger partial charge in [-0.25, -0.2) is 8.42 Å². The number of rotatable bonds is 5. The number of nitrogen functional groups attached to an aromatic ring is 1. The first-order valence-corrected chi connectivity index (χ1v) is 7.95. The van der Waals surface area contributed by atoms with E-state index in [1.807, 2.05) is 0 Å². The summed E-state index contributed by atoms with van der Waals surface area (Å²) in [5, 5.41) is 8.88. The van der Waals surface area contributed by atoms with Crippen LogP contribution in [0.1, 0.15) is 25.0 Å². The number of nitrogens with zero attached hydrogens (tertiary/aromatic N) is 2. The third kappa shape index (κ3) is 3.11. The molecule has 1 aromatic carbocycles. The first kappa shape index (κ1) is 16.5. The normalized spacial score (nSPS) is 13.2. The van der Waals surface area contributed by atoms with E-state index in [1.165, 1.54) is 4.31 Å². The molecule has 6 heteroatoms. The molecule has 0 aliphatic carbocycles. The average molecular weight is 295 g/mol. The van der Waals surface area contributed by atoms with E-state index in [4.69, 9.17) is 11.0 Å². The van der Waals surface area contributed by atoms with Crippen molar-refractivity contribution in [2.24, 2.45) is 5.92 Å². The van der Waals surface area contributed by atoms with Gasteiger partial charge in [0.15, 0.2) is 0 Å². The van der Waals surface area contributed by atoms with Crippen LogP contribution in [0.15, 0.2) is 17.0 Å². The molecular formula is C14H21N3O2S. The zero-order valence-electron chi connectivity index (χ0n) is 12.3. The van der Waals surface area contributed by atoms with E-state index in [0.29, 0.717) is 23.4 Å². The summed E-state index contributed by atoms with van der Waals surface area (Å²) in [5.41, 5.74) is 7.51. The van der Waals surface area contributed by atoms with Crippen molar-refractivity contribution in [2.75, 3.05) is 18.8 Å². The summed E-state index contributed by atoms with van der Waals surface area (Å²) in [5.74, 6) is -0.355. The fraction of sp³-hybridized carbons (Fsp3) is 0.500. The maximum Gasteiger partial charge on any atom is 0.243 e. The lowest BCUT2D eigenvalue weighted by Crippen LogP contribution is -2.35. The molecule has 110 valence electrons. The molecule has 0 saturated heterocycles. The first-order valence-electron chi connectivity index (χ1n) is 6.51. The summed E-state index contributed by atoms with van der Waals surface area (Å²) in [4.78, 5) is 0.254. The molecule has 0 fully saturated rings. The van der Waals surface area contributed by atoms with Crippen molar-refractivity contribution >= 4 is 15.7 Å². The minimum Gasteiger partial charge on any atom is -0.398 e. The smallest absolute Gasteiger partial charge is 0.243 e. The molecule has 20 heavy (non-hydrogen) atoms. The molecule has 1 atom stereocenters. The highest BCUT2D eigenvalue weighted by Gasteiger charge is 2.28. The van der Waals surface area contributed by atoms with Crippen molar-refractivity contribution < 1.29 is 8.42 Å². The van der Waals surface area contributed by atoms with Gasteiger partial charge in [-0.15, -0.1) is 0 Å². The van der Waals surface area contributed by atoms with Gasteiger partial charge < -0.3 is 5.73 Å². The van der Waals surface area contributed by atoms with E-state index < -0.39 is 10.0 Å². The summed E-state index contributed by atoms with van der Waals surface area (Å²) < 4.78 is 26.9. The molecule has 1 aromatic rings. The Hall–Kier alpha value is -1.58. The van der Waals surface area contributed by atoms with E-state index in [9.17, 15) is 8.42 Å². The zero-order chi connectivity index (χ0) is 15.5. The van der Waals surface area contributed by atoms with Gasteiger partial charge in [-0.1, -0.05) is 13.0 Å². The number of benzene rings is 1. The number of nitrogens with two attached hydrogens (primary N) is 1. The lowest BCUT2D eigenvalue weighted by molar-refractivity contribution is 0.399. The fourth-order valence-corrected chi connectivity index (χ4v) is 4.11. The molecule has 0 spiro atoms. The lowest BCUT2D eigenvalue weighted by atomic mass is 10.1. The Morgan fingerprint density at radius 2 is 2.00 bits per heavy atom. The maximum absolute atomic E-state index is 12.8. The summed E-state index contributed by atoms with van der Waals surface area (Å²) in [6.07, 6.45) is 0. The Labute approximate surface area is 121 Å². The van der Waals surface area contributed by atoms with E-state index in [-0.39, 0.29) is 17.4 Å². The highest BCUT2D eigenvalue weighted by molar-refractivity contribution is 7.89. The minimum absolute atomic E-state index is 0.184. The van der Waals surface area contributed by atoms with Crippen molar-refractivity contribution in [3.63, 3.8) is 0 Å². The maximum atomic E-state index is 12.8. The molecule has 0 aromatic heterocycles. The van der Waals surface area contributed by atoms with E-state index in [0.717, 1.165) is 0 Å². The van der Waals surface area contributed by atoms with E-state index in [2.05, 4.69) is 6.07 Å². The van der Waals surface area contributed by atoms with Crippen LogP contribution in [0, 0.1) is 31.1 Å². The molecule has 1 unspecified atom stereocenters. The van der Waals surface area contributed by atoms with Gasteiger partial charge in [0.05, 0.1) is 16.9 Å². The van der Waals surface area contributed by atoms with Crippen LogP contribution in [-0.2, 0) is 10.0 Å². The fourth-order valence-electron chi connectivity index (χ4n) is 2.11. The Balaban J connectivity index is 3.36. The average Bonchev–Trinajstić information content (AvgIpc) is 2.39. The molecule has 5 nitrogen and oxygen atoms in total. The van der Waals surface area contributed by atoms with Gasteiger partial charge >= 0.3 is 0 Å². The topological polar surface area (TPSA) is 87.2 Å². The number of hydrogen-bond acceptors (Lipinski definition) is 4. The molecule has 2 N–H and O–H groups in total. The first-order chi connectivity index (χ1) is 9.25. The predicted octanol–water partition coefficient (Wildman–Crippen LogP) is 2.06. The number of anilines is 1. The van der Waals surface area contributed by atoms with Gasteiger partial charge in [-0.05, 0) is 38.0 Å². The largest absolute Gasteiger partial charge is 0.398 e. The molecule has 0 amide bonds. The minimum atomic E-state index is -3.64. The molecule has 0 bridgehead atoms. The van der Waals surface area contributed by atoms with Gasteiger partial charge in [0, 0.05) is 18.8 Å². The van der Waals surface area contributed by atoms with Crippen LogP contribution >= 0.6 is 0 Å². The third-order valence-electron chi connectivity index (χ3n) is 3.29. The second kappa shape index (κ2) is 6.25. The van der Waals surface area contributed by atoms with Crippen molar-refractivity contribution in [1.29, 1.82) is 5.26 Å². The molecule has 0 radical (unpaired) electrons. The number of aryl methyl sites for hydroxylation is 1. The predicted molar refractivity (Wildman–Crippen MR) is 79.5 cm³/mol. The zero-order valence-corrected chi connectivity index (χ0v) is 13.2. The molecule has 0 heterocycles. The van der Waals surface area contributed by atoms with Crippen LogP contribution in [0.2, 0.25) is 0 Å². The van der Waals surface area contributed by atoms with E-state index in [1.54, 1.807) is 39.8 Å². The van der Waals surface area contributed by atoms with E-state index >= 15 is 0 Å². The number of nitriles is 1. The second-order valence-electron chi connectivity index (χ2n) is 4.91. The quantitative estimate of drug-likeness (QED) is 0.842. The molecule has 0 saturated carbocycles. The summed E-state index contributed by atoms with van der Waals surface area (Å²) >= 11 is 0. The lowest BCUT2D eigenvalue weighted by Gasteiger charge is -2.24. The van der Waals surface area contributed by atoms with Crippen molar-refractivity contribution in [3.05, 3.63) is 23.3 Å². The molecule has 0 aliphatic rings. The summed E-state index contributed by atoms with van der Waals surface area (Å²) in [7, 11) is -3.64. The van der Waals surface area contributed by atoms with Gasteiger partial charge in [0.25, 0.3) is 0 Å². The number of sulfonamides is 1. The molecular weight excluding hydrogens is 274 g/mol. The Kier molecular flexibility index (Phi) is 5.15. The van der Waals surface area contributed by atoms with Crippen LogP contribution in [0.25, 0.3) is 0 Å². The third-order valence-corrected chi connectivity index (χ3v) is 5.52. The van der Waals surface area contributed by atoms with Gasteiger partial charge in [-0.2, -0.15) is 9.57 Å². The van der Waals surface area contributed by atoms with Crippen LogP contribution in [-0.4, -0.2) is 25.8 Å². The Morgan fingerprint density at radius 3 is 2.50 bits per heavy atom. The van der Waals surface area contributed by atoms with Crippen LogP contribution in [0.5, 0.6) is 0 Å². The Morgan fingerprint density at radius 1 is 1.40 bits per heavy atom. The van der Waals surface area contributed by atoms with Crippen molar-refractivity contribution in [1.82, 2.24) is 4.31 Å². The van der Waals surface area contributed by atoms with Crippen LogP contribution in [0.4, 0.5) is 5.69 Å². The number of hydrogen-bond donors (Lipinski definition) is 1. The van der Waals surface area contributed by atoms with Gasteiger partial charge in [-0.3, -0.25) is 0 Å². The standard InChI is InChI=1S/C14H21N3O2S/c1-5-17(9-10(2)8-15)20(18,19)14-11(3)6-7-13(16)12(14)4/h6-7,10H,5,9,16H2,1-4H3. The van der Waals surface area contributed by atoms with Gasteiger partial charge in [0.1, 0.15) is 0 Å². The summed E-state index contributed by atoms with van der Waals surface area (Å²) in [6.45, 7) is 7.43. The highest BCUT2D eigenvalue weighted by Crippen LogP contribution is 2.27. The monoisotopic (exact) mass is 295 g/mol. The molecule has 1 rings (SSSR count). The van der Waals surface area contributed by atoms with Gasteiger partial charge in [0.2, 0.25) is 10.0 Å². The highest BCUT2D eigenvalue weighted by atomic mass is 32.2. The van der Waals surface area contributed by atoms with Crippen molar-refractivity contribution in [3.8, 4) is 6.07 Å². The van der Waals surface area contributed by atoms with Crippen LogP contribution < -0.4 is 5.73 Å². The SMILES string of the molecule is CCN(CC(C)C#N)S(=O)(=O)c1c(C)ccc(N)c1C. The molecule has 0 aliphatic heterocycles. The van der Waals surface area contributed by atoms with Crippen LogP contribution in [0.3, 0.4) is 0 Å². The second-order valence-corrected chi connectivity index (χ2v) is 6.79.